The number of ether oxygens (including phenoxy) is 4. The van der Waals surface area contributed by atoms with Gasteiger partial charge in [0.1, 0.15) is 0 Å². The average molecular weight is 446 g/mol. The first-order valence-electron chi connectivity index (χ1n) is 10.6. The fourth-order valence-electron chi connectivity index (χ4n) is 3.37. The molecular formula is C24H35N3O5. The van der Waals surface area contributed by atoms with E-state index in [1.54, 1.807) is 40.6 Å². The molecule has 2 aromatic rings. The largest absolute Gasteiger partial charge is 0.493 e. The summed E-state index contributed by atoms with van der Waals surface area (Å²) in [6, 6.07) is 9.40. The van der Waals surface area contributed by atoms with E-state index in [1.807, 2.05) is 12.1 Å². The molecule has 0 heterocycles. The lowest BCUT2D eigenvalue weighted by Gasteiger charge is -2.17. The molecule has 0 saturated heterocycles. The first kappa shape index (κ1) is 25.1. The minimum absolute atomic E-state index is 0.0723. The summed E-state index contributed by atoms with van der Waals surface area (Å²) < 4.78 is 21.2. The quantitative estimate of drug-likeness (QED) is 0.361. The number of nitrogen functional groups attached to an aromatic ring is 1. The lowest BCUT2D eigenvalue weighted by atomic mass is 10.1. The summed E-state index contributed by atoms with van der Waals surface area (Å²) >= 11 is 0. The van der Waals surface area contributed by atoms with E-state index in [0.717, 1.165) is 37.4 Å². The van der Waals surface area contributed by atoms with Crippen LogP contribution in [0, 0.1) is 0 Å². The van der Waals surface area contributed by atoms with E-state index < -0.39 is 0 Å². The zero-order valence-corrected chi connectivity index (χ0v) is 19.7. The smallest absolute Gasteiger partial charge is 0.224 e. The number of methoxy groups -OCH3 is 4. The van der Waals surface area contributed by atoms with Gasteiger partial charge in [-0.3, -0.25) is 4.79 Å². The van der Waals surface area contributed by atoms with Crippen LogP contribution in [0.2, 0.25) is 0 Å². The van der Waals surface area contributed by atoms with Crippen molar-refractivity contribution in [2.75, 3.05) is 60.9 Å². The Morgan fingerprint density at radius 1 is 0.906 bits per heavy atom. The van der Waals surface area contributed by atoms with Gasteiger partial charge in [0, 0.05) is 24.8 Å². The van der Waals surface area contributed by atoms with Crippen molar-refractivity contribution in [3.63, 3.8) is 0 Å². The van der Waals surface area contributed by atoms with Gasteiger partial charge in [0.05, 0.1) is 34.9 Å². The normalized spacial score (nSPS) is 10.7. The molecule has 0 aliphatic heterocycles. The summed E-state index contributed by atoms with van der Waals surface area (Å²) in [5, 5.41) is 2.96. The zero-order valence-electron chi connectivity index (χ0n) is 19.7. The molecule has 0 bridgehead atoms. The van der Waals surface area contributed by atoms with Gasteiger partial charge >= 0.3 is 0 Å². The second kappa shape index (κ2) is 12.7. The lowest BCUT2D eigenvalue weighted by Crippen LogP contribution is -2.30. The summed E-state index contributed by atoms with van der Waals surface area (Å²) in [4.78, 5) is 14.6. The molecular weight excluding hydrogens is 410 g/mol. The molecule has 0 saturated carbocycles. The maximum Gasteiger partial charge on any atom is 0.224 e. The van der Waals surface area contributed by atoms with Gasteiger partial charge in [-0.25, -0.2) is 0 Å². The molecule has 176 valence electrons. The second-order valence-corrected chi connectivity index (χ2v) is 7.53. The van der Waals surface area contributed by atoms with Crippen LogP contribution in [0.1, 0.15) is 17.5 Å². The number of amides is 1. The zero-order chi connectivity index (χ0) is 23.5. The van der Waals surface area contributed by atoms with E-state index in [1.165, 1.54) is 5.56 Å². The number of nitrogens with zero attached hydrogens (tertiary/aromatic N) is 1. The number of rotatable bonds is 13. The minimum Gasteiger partial charge on any atom is -0.493 e. The maximum atomic E-state index is 12.3. The van der Waals surface area contributed by atoms with Gasteiger partial charge in [-0.05, 0) is 55.8 Å². The second-order valence-electron chi connectivity index (χ2n) is 7.53. The van der Waals surface area contributed by atoms with Crippen LogP contribution in [0.15, 0.2) is 30.3 Å². The Morgan fingerprint density at radius 3 is 2.19 bits per heavy atom. The molecule has 8 nitrogen and oxygen atoms in total. The topological polar surface area (TPSA) is 95.3 Å². The van der Waals surface area contributed by atoms with Crippen LogP contribution in [0.25, 0.3) is 0 Å². The van der Waals surface area contributed by atoms with Crippen LogP contribution < -0.4 is 30.0 Å². The van der Waals surface area contributed by atoms with Crippen molar-refractivity contribution in [3.8, 4) is 23.0 Å². The number of carbonyl (C=O) groups excluding carboxylic acids is 1. The number of benzene rings is 2. The van der Waals surface area contributed by atoms with E-state index in [4.69, 9.17) is 24.7 Å². The van der Waals surface area contributed by atoms with Crippen LogP contribution in [0.3, 0.4) is 0 Å². The Bertz CT molecular complexity index is 888. The highest BCUT2D eigenvalue weighted by Crippen LogP contribution is 2.32. The van der Waals surface area contributed by atoms with Crippen molar-refractivity contribution in [2.24, 2.45) is 0 Å². The van der Waals surface area contributed by atoms with Gasteiger partial charge in [-0.1, -0.05) is 6.07 Å². The Balaban J connectivity index is 1.72. The molecule has 0 aliphatic rings. The van der Waals surface area contributed by atoms with Crippen LogP contribution in [-0.2, 0) is 17.6 Å². The Labute approximate surface area is 190 Å². The highest BCUT2D eigenvalue weighted by atomic mass is 16.5. The van der Waals surface area contributed by atoms with Crippen LogP contribution in [-0.4, -0.2) is 65.9 Å². The summed E-state index contributed by atoms with van der Waals surface area (Å²) in [6.45, 7) is 2.39. The van der Waals surface area contributed by atoms with Crippen molar-refractivity contribution in [3.05, 3.63) is 41.5 Å². The number of hydrogen-bond acceptors (Lipinski definition) is 7. The first-order chi connectivity index (χ1) is 15.4. The minimum atomic E-state index is -0.0723. The molecule has 2 aromatic carbocycles. The van der Waals surface area contributed by atoms with E-state index in [0.29, 0.717) is 29.3 Å². The summed E-state index contributed by atoms with van der Waals surface area (Å²) in [7, 11) is 8.45. The number of hydrogen-bond donors (Lipinski definition) is 2. The van der Waals surface area contributed by atoms with E-state index in [-0.39, 0.29) is 12.3 Å². The average Bonchev–Trinajstić information content (AvgIpc) is 2.81. The molecule has 0 radical (unpaired) electrons. The molecule has 0 unspecified atom stereocenters. The van der Waals surface area contributed by atoms with Gasteiger partial charge < -0.3 is 34.9 Å². The monoisotopic (exact) mass is 445 g/mol. The fraction of sp³-hybridized carbons (Fsp3) is 0.458. The van der Waals surface area contributed by atoms with Gasteiger partial charge in [-0.15, -0.1) is 0 Å². The van der Waals surface area contributed by atoms with Crippen LogP contribution >= 0.6 is 0 Å². The number of anilines is 1. The molecule has 8 heteroatoms. The molecule has 3 N–H and O–H groups in total. The number of nitrogens with one attached hydrogen (secondary N) is 1. The molecule has 2 rings (SSSR count). The number of nitrogens with two attached hydrogens (primary N) is 1. The molecule has 0 atom stereocenters. The standard InChI is InChI=1S/C24H35N3O5/c1-27(12-9-17-7-8-20(29-2)21(13-17)30-3)11-6-10-26-24(28)15-18-14-22(31-4)23(32-5)16-19(18)25/h7-8,13-14,16H,6,9-12,15,25H2,1-5H3,(H,26,28). The number of carbonyl (C=O) groups is 1. The first-order valence-corrected chi connectivity index (χ1v) is 10.6. The number of likely N-dealkylation sites (N-methyl/N-ethyl adjacent to an activating group) is 1. The molecule has 32 heavy (non-hydrogen) atoms. The molecule has 0 aromatic heterocycles. The van der Waals surface area contributed by atoms with Crippen LogP contribution in [0.4, 0.5) is 5.69 Å². The summed E-state index contributed by atoms with van der Waals surface area (Å²) in [5.74, 6) is 2.50. The van der Waals surface area contributed by atoms with Gasteiger partial charge in [0.2, 0.25) is 5.91 Å². The molecule has 0 spiro atoms. The molecule has 1 amide bonds. The van der Waals surface area contributed by atoms with Crippen molar-refractivity contribution in [2.45, 2.75) is 19.3 Å². The van der Waals surface area contributed by atoms with Crippen LogP contribution in [0.5, 0.6) is 23.0 Å². The van der Waals surface area contributed by atoms with Crippen molar-refractivity contribution in [1.82, 2.24) is 10.2 Å². The highest BCUT2D eigenvalue weighted by Gasteiger charge is 2.12. The molecule has 0 aliphatic carbocycles. The van der Waals surface area contributed by atoms with E-state index in [2.05, 4.69) is 23.3 Å². The summed E-state index contributed by atoms with van der Waals surface area (Å²) in [6.07, 6.45) is 1.96. The third-order valence-electron chi connectivity index (χ3n) is 5.27. The van der Waals surface area contributed by atoms with Crippen molar-refractivity contribution in [1.29, 1.82) is 0 Å². The Morgan fingerprint density at radius 2 is 1.53 bits per heavy atom. The highest BCUT2D eigenvalue weighted by molar-refractivity contribution is 5.80. The van der Waals surface area contributed by atoms with Crippen molar-refractivity contribution < 1.29 is 23.7 Å². The van der Waals surface area contributed by atoms with E-state index in [9.17, 15) is 4.79 Å². The lowest BCUT2D eigenvalue weighted by molar-refractivity contribution is -0.120. The Hall–Kier alpha value is -3.13. The predicted molar refractivity (Wildman–Crippen MR) is 126 cm³/mol. The molecule has 0 fully saturated rings. The maximum absolute atomic E-state index is 12.3. The SMILES string of the molecule is COc1ccc(CCN(C)CCCNC(=O)Cc2cc(OC)c(OC)cc2N)cc1OC. The van der Waals surface area contributed by atoms with E-state index >= 15 is 0 Å². The fourth-order valence-corrected chi connectivity index (χ4v) is 3.37. The van der Waals surface area contributed by atoms with Gasteiger partial charge in [-0.2, -0.15) is 0 Å². The Kier molecular flexibility index (Phi) is 9.94. The van der Waals surface area contributed by atoms with Gasteiger partial charge in [0.15, 0.2) is 23.0 Å². The third-order valence-corrected chi connectivity index (χ3v) is 5.27. The summed E-state index contributed by atoms with van der Waals surface area (Å²) in [5.41, 5.74) is 8.45. The third kappa shape index (κ3) is 7.23. The predicted octanol–water partition coefficient (Wildman–Crippen LogP) is 2.53. The van der Waals surface area contributed by atoms with Crippen molar-refractivity contribution >= 4 is 11.6 Å². The van der Waals surface area contributed by atoms with Gasteiger partial charge in [0.25, 0.3) is 0 Å².